The van der Waals surface area contributed by atoms with Crippen LogP contribution in [0.2, 0.25) is 0 Å². The van der Waals surface area contributed by atoms with E-state index < -0.39 is 23.6 Å². The minimum Gasteiger partial charge on any atom is -0.422 e. The number of esters is 1. The van der Waals surface area contributed by atoms with Crippen molar-refractivity contribution in [2.75, 3.05) is 5.32 Å². The van der Waals surface area contributed by atoms with Crippen LogP contribution in [0.3, 0.4) is 0 Å². The summed E-state index contributed by atoms with van der Waals surface area (Å²) in [6.07, 6.45) is 1.24. The van der Waals surface area contributed by atoms with Crippen molar-refractivity contribution in [3.8, 4) is 5.75 Å². The summed E-state index contributed by atoms with van der Waals surface area (Å²) < 4.78 is 19.1. The Hall–Kier alpha value is -3.85. The van der Waals surface area contributed by atoms with E-state index >= 15 is 0 Å². The maximum atomic E-state index is 12.9. The van der Waals surface area contributed by atoms with Gasteiger partial charge in [-0.3, -0.25) is 9.59 Å². The van der Waals surface area contributed by atoms with E-state index in [4.69, 9.17) is 4.74 Å². The second-order valence-corrected chi connectivity index (χ2v) is 7.52. The van der Waals surface area contributed by atoms with Crippen LogP contribution in [0.4, 0.5) is 10.1 Å². The molecule has 0 unspecified atom stereocenters. The van der Waals surface area contributed by atoms with Gasteiger partial charge in [-0.05, 0) is 61.5 Å². The Labute approximate surface area is 191 Å². The average molecular weight is 498 g/mol. The number of aryl methyl sites for hydroxylation is 1. The van der Waals surface area contributed by atoms with Crippen LogP contribution in [-0.4, -0.2) is 24.0 Å². The Morgan fingerprint density at radius 3 is 2.47 bits per heavy atom. The quantitative estimate of drug-likeness (QED) is 0.181. The van der Waals surface area contributed by atoms with Gasteiger partial charge in [0.15, 0.2) is 0 Å². The van der Waals surface area contributed by atoms with Gasteiger partial charge < -0.3 is 10.1 Å². The molecular weight excluding hydrogens is 481 g/mol. The molecule has 32 heavy (non-hydrogen) atoms. The van der Waals surface area contributed by atoms with Gasteiger partial charge in [-0.1, -0.05) is 33.6 Å². The molecule has 3 aromatic carbocycles. The molecule has 0 spiro atoms. The minimum atomic E-state index is -1.03. The molecule has 0 radical (unpaired) electrons. The van der Waals surface area contributed by atoms with Crippen LogP contribution in [0.5, 0.6) is 5.75 Å². The standard InChI is InChI=1S/C23H17BrFN3O4/c1-14-3-2-4-15(11-14)23(31)32-20-10-5-17(24)12-16(20)13-26-28-22(30)21(29)27-19-8-6-18(25)7-9-19/h2-13H,1H3,(H,27,29)(H,28,30)/b26-13-. The third kappa shape index (κ3) is 6.32. The molecule has 3 aromatic rings. The number of benzene rings is 3. The first-order chi connectivity index (χ1) is 15.3. The maximum absolute atomic E-state index is 12.9. The molecule has 0 bridgehead atoms. The van der Waals surface area contributed by atoms with E-state index in [1.165, 1.54) is 18.3 Å². The number of hydrogen-bond acceptors (Lipinski definition) is 5. The molecule has 9 heteroatoms. The molecule has 0 fully saturated rings. The molecular formula is C23H17BrFN3O4. The number of nitrogens with zero attached hydrogens (tertiary/aromatic N) is 1. The Morgan fingerprint density at radius 1 is 1.00 bits per heavy atom. The van der Waals surface area contributed by atoms with Crippen molar-refractivity contribution in [1.29, 1.82) is 0 Å². The lowest BCUT2D eigenvalue weighted by Crippen LogP contribution is -2.32. The van der Waals surface area contributed by atoms with Crippen LogP contribution in [0.25, 0.3) is 0 Å². The molecule has 0 heterocycles. The van der Waals surface area contributed by atoms with Crippen LogP contribution in [-0.2, 0) is 9.59 Å². The Morgan fingerprint density at radius 2 is 1.75 bits per heavy atom. The molecule has 3 rings (SSSR count). The number of carbonyl (C=O) groups is 3. The number of rotatable bonds is 5. The van der Waals surface area contributed by atoms with Gasteiger partial charge in [0.05, 0.1) is 11.8 Å². The number of anilines is 1. The number of ether oxygens (including phenoxy) is 1. The fourth-order valence-electron chi connectivity index (χ4n) is 2.58. The monoisotopic (exact) mass is 497 g/mol. The summed E-state index contributed by atoms with van der Waals surface area (Å²) in [6, 6.07) is 16.8. The summed E-state index contributed by atoms with van der Waals surface area (Å²) in [7, 11) is 0. The molecule has 2 N–H and O–H groups in total. The van der Waals surface area contributed by atoms with Crippen LogP contribution in [0.1, 0.15) is 21.5 Å². The molecule has 2 amide bonds. The average Bonchev–Trinajstić information content (AvgIpc) is 2.77. The largest absolute Gasteiger partial charge is 0.422 e. The van der Waals surface area contributed by atoms with E-state index in [0.29, 0.717) is 15.6 Å². The zero-order valence-electron chi connectivity index (χ0n) is 16.8. The van der Waals surface area contributed by atoms with E-state index in [2.05, 4.69) is 31.8 Å². The fourth-order valence-corrected chi connectivity index (χ4v) is 2.96. The summed E-state index contributed by atoms with van der Waals surface area (Å²) in [6.45, 7) is 1.86. The highest BCUT2D eigenvalue weighted by Gasteiger charge is 2.14. The van der Waals surface area contributed by atoms with Crippen molar-refractivity contribution in [2.45, 2.75) is 6.92 Å². The van der Waals surface area contributed by atoms with E-state index in [1.807, 2.05) is 13.0 Å². The summed E-state index contributed by atoms with van der Waals surface area (Å²) in [5.41, 5.74) is 4.04. The van der Waals surface area contributed by atoms with Crippen LogP contribution >= 0.6 is 15.9 Å². The molecule has 0 saturated carbocycles. The molecule has 0 atom stereocenters. The van der Waals surface area contributed by atoms with Gasteiger partial charge in [-0.2, -0.15) is 5.10 Å². The van der Waals surface area contributed by atoms with E-state index in [-0.39, 0.29) is 11.4 Å². The van der Waals surface area contributed by atoms with Gasteiger partial charge in [0.25, 0.3) is 0 Å². The van der Waals surface area contributed by atoms with Crippen molar-refractivity contribution in [2.24, 2.45) is 5.10 Å². The third-order valence-electron chi connectivity index (χ3n) is 4.11. The highest BCUT2D eigenvalue weighted by atomic mass is 79.9. The van der Waals surface area contributed by atoms with E-state index in [9.17, 15) is 18.8 Å². The number of hydrogen-bond donors (Lipinski definition) is 2. The van der Waals surface area contributed by atoms with Crippen molar-refractivity contribution < 1.29 is 23.5 Å². The summed E-state index contributed by atoms with van der Waals surface area (Å²) in [4.78, 5) is 36.3. The van der Waals surface area contributed by atoms with Crippen molar-refractivity contribution in [1.82, 2.24) is 5.43 Å². The predicted octanol–water partition coefficient (Wildman–Crippen LogP) is 4.20. The number of hydrazone groups is 1. The number of carbonyl (C=O) groups excluding carboxylic acids is 3. The maximum Gasteiger partial charge on any atom is 0.343 e. The van der Waals surface area contributed by atoms with Gasteiger partial charge in [0.1, 0.15) is 11.6 Å². The number of nitrogens with one attached hydrogen (secondary N) is 2. The molecule has 0 aromatic heterocycles. The molecule has 0 saturated heterocycles. The first kappa shape index (κ1) is 22.8. The topological polar surface area (TPSA) is 96.9 Å². The fraction of sp³-hybridized carbons (Fsp3) is 0.0435. The van der Waals surface area contributed by atoms with Crippen molar-refractivity contribution >= 4 is 45.6 Å². The normalized spacial score (nSPS) is 10.6. The van der Waals surface area contributed by atoms with Crippen molar-refractivity contribution in [3.05, 3.63) is 93.7 Å². The van der Waals surface area contributed by atoms with Gasteiger partial charge in [-0.15, -0.1) is 0 Å². The summed E-state index contributed by atoms with van der Waals surface area (Å²) in [5.74, 6) is -2.81. The van der Waals surface area contributed by atoms with Crippen LogP contribution < -0.4 is 15.5 Å². The van der Waals surface area contributed by atoms with Crippen LogP contribution in [0.15, 0.2) is 76.3 Å². The molecule has 0 aliphatic heterocycles. The Balaban J connectivity index is 1.66. The smallest absolute Gasteiger partial charge is 0.343 e. The second kappa shape index (κ2) is 10.5. The van der Waals surface area contributed by atoms with Gasteiger partial charge >= 0.3 is 17.8 Å². The van der Waals surface area contributed by atoms with E-state index in [0.717, 1.165) is 17.7 Å². The lowest BCUT2D eigenvalue weighted by atomic mass is 10.1. The molecule has 0 aliphatic carbocycles. The first-order valence-corrected chi connectivity index (χ1v) is 10.1. The van der Waals surface area contributed by atoms with Crippen molar-refractivity contribution in [3.63, 3.8) is 0 Å². The van der Waals surface area contributed by atoms with E-state index in [1.54, 1.807) is 36.4 Å². The molecule has 0 aliphatic rings. The SMILES string of the molecule is Cc1cccc(C(=O)Oc2ccc(Br)cc2/C=N\NC(=O)C(=O)Nc2ccc(F)cc2)c1. The summed E-state index contributed by atoms with van der Waals surface area (Å²) in [5, 5.41) is 6.08. The first-order valence-electron chi connectivity index (χ1n) is 9.30. The third-order valence-corrected chi connectivity index (χ3v) is 4.60. The van der Waals surface area contributed by atoms with Gasteiger partial charge in [0.2, 0.25) is 0 Å². The van der Waals surface area contributed by atoms with Gasteiger partial charge in [0, 0.05) is 15.7 Å². The second-order valence-electron chi connectivity index (χ2n) is 6.60. The lowest BCUT2D eigenvalue weighted by Gasteiger charge is -2.08. The Kier molecular flexibility index (Phi) is 7.45. The molecule has 7 nitrogen and oxygen atoms in total. The minimum absolute atomic E-state index is 0.216. The Bertz CT molecular complexity index is 1200. The highest BCUT2D eigenvalue weighted by molar-refractivity contribution is 9.10. The van der Waals surface area contributed by atoms with Gasteiger partial charge in [-0.25, -0.2) is 14.6 Å². The number of amides is 2. The summed E-state index contributed by atoms with van der Waals surface area (Å²) >= 11 is 3.32. The molecule has 162 valence electrons. The predicted molar refractivity (Wildman–Crippen MR) is 121 cm³/mol. The highest BCUT2D eigenvalue weighted by Crippen LogP contribution is 2.23. The van der Waals surface area contributed by atoms with Crippen LogP contribution in [0, 0.1) is 12.7 Å². The zero-order chi connectivity index (χ0) is 23.1. The number of halogens is 2. The lowest BCUT2D eigenvalue weighted by molar-refractivity contribution is -0.136. The zero-order valence-corrected chi connectivity index (χ0v) is 18.4.